The van der Waals surface area contributed by atoms with Crippen molar-refractivity contribution in [1.82, 2.24) is 10.6 Å². The lowest BCUT2D eigenvalue weighted by atomic mass is 10.2. The summed E-state index contributed by atoms with van der Waals surface area (Å²) >= 11 is 0. The Hall–Kier alpha value is -1.10. The molecule has 1 unspecified atom stereocenters. The highest BCUT2D eigenvalue weighted by atomic mass is 16.4. The summed E-state index contributed by atoms with van der Waals surface area (Å²) in [4.78, 5) is 21.2. The number of carbonyl (C=O) groups is 2. The summed E-state index contributed by atoms with van der Waals surface area (Å²) in [5, 5.41) is 13.8. The van der Waals surface area contributed by atoms with E-state index < -0.39 is 5.97 Å². The van der Waals surface area contributed by atoms with Crippen LogP contribution in [0.15, 0.2) is 0 Å². The highest BCUT2D eigenvalue weighted by Gasteiger charge is 2.07. The SMILES string of the molecule is CCNC(=O)CNC(C)CC(=O)O. The maximum Gasteiger partial charge on any atom is 0.304 e. The summed E-state index contributed by atoms with van der Waals surface area (Å²) in [5.74, 6) is -0.976. The first-order valence-electron chi connectivity index (χ1n) is 4.28. The lowest BCUT2D eigenvalue weighted by Crippen LogP contribution is -2.38. The molecular formula is C8H16N2O3. The van der Waals surface area contributed by atoms with Gasteiger partial charge in [-0.25, -0.2) is 0 Å². The van der Waals surface area contributed by atoms with Crippen molar-refractivity contribution in [3.05, 3.63) is 0 Å². The van der Waals surface area contributed by atoms with Crippen LogP contribution in [0, 0.1) is 0 Å². The Morgan fingerprint density at radius 2 is 2.08 bits per heavy atom. The molecule has 0 saturated carbocycles. The molecule has 0 heterocycles. The smallest absolute Gasteiger partial charge is 0.304 e. The average molecular weight is 188 g/mol. The van der Waals surface area contributed by atoms with Crippen molar-refractivity contribution in [3.8, 4) is 0 Å². The van der Waals surface area contributed by atoms with Gasteiger partial charge in [-0.05, 0) is 13.8 Å². The van der Waals surface area contributed by atoms with Crippen LogP contribution < -0.4 is 10.6 Å². The Morgan fingerprint density at radius 1 is 1.46 bits per heavy atom. The van der Waals surface area contributed by atoms with Crippen LogP contribution in [0.3, 0.4) is 0 Å². The molecule has 0 aliphatic heterocycles. The maximum absolute atomic E-state index is 10.9. The molecule has 1 atom stereocenters. The minimum Gasteiger partial charge on any atom is -0.481 e. The van der Waals surface area contributed by atoms with Crippen LogP contribution in [0.25, 0.3) is 0 Å². The largest absolute Gasteiger partial charge is 0.481 e. The summed E-state index contributed by atoms with van der Waals surface area (Å²) in [5.41, 5.74) is 0. The van der Waals surface area contributed by atoms with Gasteiger partial charge in [0.15, 0.2) is 0 Å². The predicted octanol–water partition coefficient (Wildman–Crippen LogP) is -0.425. The highest BCUT2D eigenvalue weighted by molar-refractivity contribution is 5.78. The van der Waals surface area contributed by atoms with E-state index in [0.717, 1.165) is 0 Å². The molecule has 0 aromatic rings. The van der Waals surface area contributed by atoms with Gasteiger partial charge in [-0.1, -0.05) is 0 Å². The Morgan fingerprint density at radius 3 is 2.54 bits per heavy atom. The zero-order valence-electron chi connectivity index (χ0n) is 7.96. The third kappa shape index (κ3) is 7.27. The summed E-state index contributed by atoms with van der Waals surface area (Å²) in [7, 11) is 0. The number of hydrogen-bond acceptors (Lipinski definition) is 3. The van der Waals surface area contributed by atoms with Gasteiger partial charge in [-0.15, -0.1) is 0 Å². The summed E-state index contributed by atoms with van der Waals surface area (Å²) in [6.07, 6.45) is 0.0272. The van der Waals surface area contributed by atoms with Crippen LogP contribution in [-0.4, -0.2) is 36.1 Å². The van der Waals surface area contributed by atoms with Gasteiger partial charge in [0.1, 0.15) is 0 Å². The molecule has 0 fully saturated rings. The molecule has 0 aliphatic carbocycles. The molecule has 0 aliphatic rings. The van der Waals surface area contributed by atoms with Crippen molar-refractivity contribution in [3.63, 3.8) is 0 Å². The molecule has 1 amide bonds. The average Bonchev–Trinajstić information content (AvgIpc) is 2.00. The van der Waals surface area contributed by atoms with E-state index >= 15 is 0 Å². The minimum atomic E-state index is -0.865. The molecular weight excluding hydrogens is 172 g/mol. The number of amides is 1. The highest BCUT2D eigenvalue weighted by Crippen LogP contribution is 1.88. The predicted molar refractivity (Wildman–Crippen MR) is 48.4 cm³/mol. The second-order valence-electron chi connectivity index (χ2n) is 2.83. The van der Waals surface area contributed by atoms with Gasteiger partial charge in [-0.3, -0.25) is 9.59 Å². The minimum absolute atomic E-state index is 0.0272. The van der Waals surface area contributed by atoms with Gasteiger partial charge in [0.25, 0.3) is 0 Å². The third-order valence-corrected chi connectivity index (χ3v) is 1.47. The molecule has 5 nitrogen and oxygen atoms in total. The number of aliphatic carboxylic acids is 1. The Bertz CT molecular complexity index is 182. The van der Waals surface area contributed by atoms with Crippen LogP contribution in [0.5, 0.6) is 0 Å². The van der Waals surface area contributed by atoms with E-state index in [1.54, 1.807) is 6.92 Å². The van der Waals surface area contributed by atoms with Gasteiger partial charge in [0.05, 0.1) is 13.0 Å². The molecule has 0 radical (unpaired) electrons. The van der Waals surface area contributed by atoms with E-state index in [1.165, 1.54) is 0 Å². The second-order valence-corrected chi connectivity index (χ2v) is 2.83. The van der Waals surface area contributed by atoms with Gasteiger partial charge in [0.2, 0.25) is 5.91 Å². The third-order valence-electron chi connectivity index (χ3n) is 1.47. The Kier molecular flexibility index (Phi) is 5.88. The normalized spacial score (nSPS) is 12.2. The van der Waals surface area contributed by atoms with Crippen LogP contribution >= 0.6 is 0 Å². The number of carboxylic acid groups (broad SMARTS) is 1. The molecule has 0 aromatic carbocycles. The standard InChI is InChI=1S/C8H16N2O3/c1-3-9-7(11)5-10-6(2)4-8(12)13/h6,10H,3-5H2,1-2H3,(H,9,11)(H,12,13). The number of carboxylic acids is 1. The molecule has 13 heavy (non-hydrogen) atoms. The van der Waals surface area contributed by atoms with E-state index in [2.05, 4.69) is 10.6 Å². The molecule has 0 spiro atoms. The fourth-order valence-corrected chi connectivity index (χ4v) is 0.861. The molecule has 0 aromatic heterocycles. The van der Waals surface area contributed by atoms with Crippen LogP contribution in [0.4, 0.5) is 0 Å². The number of likely N-dealkylation sites (N-methyl/N-ethyl adjacent to an activating group) is 1. The first-order valence-corrected chi connectivity index (χ1v) is 4.28. The molecule has 76 valence electrons. The summed E-state index contributed by atoms with van der Waals surface area (Å²) < 4.78 is 0. The van der Waals surface area contributed by atoms with Crippen LogP contribution in [0.2, 0.25) is 0 Å². The van der Waals surface area contributed by atoms with Gasteiger partial charge in [0, 0.05) is 12.6 Å². The lowest BCUT2D eigenvalue weighted by molar-refractivity contribution is -0.137. The van der Waals surface area contributed by atoms with E-state index in [9.17, 15) is 9.59 Å². The van der Waals surface area contributed by atoms with E-state index in [-0.39, 0.29) is 24.9 Å². The summed E-state index contributed by atoms with van der Waals surface area (Å²) in [6, 6.07) is -0.180. The van der Waals surface area contributed by atoms with Crippen molar-refractivity contribution in [2.24, 2.45) is 0 Å². The van der Waals surface area contributed by atoms with E-state index in [4.69, 9.17) is 5.11 Å². The monoisotopic (exact) mass is 188 g/mol. The van der Waals surface area contributed by atoms with Crippen LogP contribution in [0.1, 0.15) is 20.3 Å². The van der Waals surface area contributed by atoms with Gasteiger partial charge >= 0.3 is 5.97 Å². The molecule has 3 N–H and O–H groups in total. The van der Waals surface area contributed by atoms with Crippen molar-refractivity contribution in [2.75, 3.05) is 13.1 Å². The zero-order chi connectivity index (χ0) is 10.3. The number of carbonyl (C=O) groups excluding carboxylic acids is 1. The van der Waals surface area contributed by atoms with E-state index in [1.807, 2.05) is 6.92 Å². The van der Waals surface area contributed by atoms with Gasteiger partial charge < -0.3 is 15.7 Å². The topological polar surface area (TPSA) is 78.4 Å². The molecule has 0 rings (SSSR count). The fraction of sp³-hybridized carbons (Fsp3) is 0.750. The number of hydrogen-bond donors (Lipinski definition) is 3. The van der Waals surface area contributed by atoms with Crippen molar-refractivity contribution < 1.29 is 14.7 Å². The second kappa shape index (κ2) is 6.42. The van der Waals surface area contributed by atoms with Crippen molar-refractivity contribution in [1.29, 1.82) is 0 Å². The Labute approximate surface area is 77.5 Å². The van der Waals surface area contributed by atoms with E-state index in [0.29, 0.717) is 6.54 Å². The number of nitrogens with one attached hydrogen (secondary N) is 2. The first-order chi connectivity index (χ1) is 6.06. The molecule has 0 bridgehead atoms. The molecule has 0 saturated heterocycles. The van der Waals surface area contributed by atoms with Gasteiger partial charge in [-0.2, -0.15) is 0 Å². The first kappa shape index (κ1) is 11.9. The zero-order valence-corrected chi connectivity index (χ0v) is 7.96. The lowest BCUT2D eigenvalue weighted by Gasteiger charge is -2.10. The van der Waals surface area contributed by atoms with Crippen molar-refractivity contribution in [2.45, 2.75) is 26.3 Å². The van der Waals surface area contributed by atoms with Crippen LogP contribution in [-0.2, 0) is 9.59 Å². The summed E-state index contributed by atoms with van der Waals surface area (Å²) in [6.45, 7) is 4.32. The fourth-order valence-electron chi connectivity index (χ4n) is 0.861. The number of rotatable bonds is 6. The maximum atomic E-state index is 10.9. The Balaban J connectivity index is 3.51. The quantitative estimate of drug-likeness (QED) is 0.529. The van der Waals surface area contributed by atoms with Crippen molar-refractivity contribution >= 4 is 11.9 Å². The molecule has 5 heteroatoms.